The summed E-state index contributed by atoms with van der Waals surface area (Å²) in [6.45, 7) is 10.6. The summed E-state index contributed by atoms with van der Waals surface area (Å²) < 4.78 is 5.41. The minimum atomic E-state index is -0.00407. The number of amides is 1. The van der Waals surface area contributed by atoms with E-state index < -0.39 is 0 Å². The molecule has 1 aromatic carbocycles. The molecule has 0 unspecified atom stereocenters. The molecule has 23 heavy (non-hydrogen) atoms. The van der Waals surface area contributed by atoms with E-state index in [1.807, 2.05) is 44.2 Å². The molecule has 3 fully saturated rings. The molecule has 0 heterocycles. The molecule has 0 radical (unpaired) electrons. The van der Waals surface area contributed by atoms with Crippen molar-refractivity contribution in [2.24, 2.45) is 5.41 Å². The van der Waals surface area contributed by atoms with Crippen LogP contribution in [0.15, 0.2) is 30.3 Å². The van der Waals surface area contributed by atoms with Crippen molar-refractivity contribution in [1.29, 1.82) is 0 Å². The summed E-state index contributed by atoms with van der Waals surface area (Å²) in [6, 6.07) is 9.44. The molecule has 2 bridgehead atoms. The summed E-state index contributed by atoms with van der Waals surface area (Å²) in [6.07, 6.45) is 4.66. The quantitative estimate of drug-likeness (QED) is 0.674. The molecule has 0 aliphatic heterocycles. The number of benzene rings is 1. The minimum absolute atomic E-state index is 0. The second kappa shape index (κ2) is 10.1. The van der Waals surface area contributed by atoms with E-state index in [1.165, 1.54) is 6.42 Å². The van der Waals surface area contributed by atoms with Crippen molar-refractivity contribution in [1.82, 2.24) is 5.32 Å². The first-order valence-corrected chi connectivity index (χ1v) is 8.50. The zero-order valence-corrected chi connectivity index (χ0v) is 18.1. The molecule has 1 amide bonds. The van der Waals surface area contributed by atoms with Crippen LogP contribution in [0.2, 0.25) is 0 Å². The summed E-state index contributed by atoms with van der Waals surface area (Å²) in [4.78, 5) is 11.7. The van der Waals surface area contributed by atoms with E-state index >= 15 is 0 Å². The molecule has 3 saturated carbocycles. The molecular formula is C19H31NO2W. The third kappa shape index (κ3) is 6.29. The van der Waals surface area contributed by atoms with Crippen LogP contribution in [0.5, 0.6) is 5.75 Å². The Bertz CT molecular complexity index is 442. The molecule has 3 aliphatic rings. The molecule has 1 aromatic rings. The predicted octanol–water partition coefficient (Wildman–Crippen LogP) is 4.56. The summed E-state index contributed by atoms with van der Waals surface area (Å²) in [5.74, 6) is 0.739. The maximum atomic E-state index is 11.7. The van der Waals surface area contributed by atoms with Crippen LogP contribution in [0.3, 0.4) is 0 Å². The Balaban J connectivity index is 0.000000729. The summed E-state index contributed by atoms with van der Waals surface area (Å²) in [5.41, 5.74) is 0.638. The smallest absolute Gasteiger partial charge is 0.258 e. The van der Waals surface area contributed by atoms with Crippen molar-refractivity contribution in [3.63, 3.8) is 0 Å². The second-order valence-corrected chi connectivity index (χ2v) is 6.48. The van der Waals surface area contributed by atoms with E-state index in [9.17, 15) is 4.79 Å². The first kappa shape index (κ1) is 22.2. The SMILES string of the molecule is CC.CC12CC(NC(=O)COc3ccccc3)(C1)C2.CCC.[W]. The molecule has 3 aliphatic carbocycles. The fourth-order valence-electron chi connectivity index (χ4n) is 3.43. The number of para-hydroxylation sites is 1. The Morgan fingerprint density at radius 2 is 1.61 bits per heavy atom. The second-order valence-electron chi connectivity index (χ2n) is 6.48. The zero-order valence-electron chi connectivity index (χ0n) is 15.1. The van der Waals surface area contributed by atoms with Crippen LogP contribution >= 0.6 is 0 Å². The molecule has 0 atom stereocenters. The number of ether oxygens (including phenoxy) is 1. The van der Waals surface area contributed by atoms with Gasteiger partial charge in [-0.2, -0.15) is 0 Å². The number of nitrogens with one attached hydrogen (secondary N) is 1. The number of rotatable bonds is 4. The first-order chi connectivity index (χ1) is 10.5. The van der Waals surface area contributed by atoms with Gasteiger partial charge in [-0.1, -0.05) is 59.2 Å². The van der Waals surface area contributed by atoms with E-state index in [2.05, 4.69) is 26.1 Å². The molecule has 0 spiro atoms. The topological polar surface area (TPSA) is 38.3 Å². The van der Waals surface area contributed by atoms with Gasteiger partial charge in [-0.05, 0) is 36.8 Å². The van der Waals surface area contributed by atoms with E-state index in [0.717, 1.165) is 25.0 Å². The van der Waals surface area contributed by atoms with Gasteiger partial charge in [0.15, 0.2) is 6.61 Å². The maximum Gasteiger partial charge on any atom is 0.258 e. The van der Waals surface area contributed by atoms with Crippen LogP contribution in [0.4, 0.5) is 0 Å². The Morgan fingerprint density at radius 1 is 1.13 bits per heavy atom. The van der Waals surface area contributed by atoms with Crippen molar-refractivity contribution in [2.45, 2.75) is 65.8 Å². The van der Waals surface area contributed by atoms with Crippen LogP contribution in [0.25, 0.3) is 0 Å². The van der Waals surface area contributed by atoms with Crippen molar-refractivity contribution in [2.75, 3.05) is 6.61 Å². The van der Waals surface area contributed by atoms with E-state index in [1.54, 1.807) is 0 Å². The van der Waals surface area contributed by atoms with Gasteiger partial charge < -0.3 is 10.1 Å². The Hall–Kier alpha value is -0.822. The standard InChI is InChI=1S/C14H17NO2.C3H8.C2H6.W/c1-13-8-14(9-13,10-13)15-12(16)7-17-11-5-3-2-4-6-11;1-3-2;1-2;/h2-6H,7-10H2,1H3,(H,15,16);3H2,1-2H3;1-2H3;. The average molecular weight is 489 g/mol. The van der Waals surface area contributed by atoms with Crippen molar-refractivity contribution >= 4 is 5.91 Å². The van der Waals surface area contributed by atoms with Gasteiger partial charge >= 0.3 is 0 Å². The molecular weight excluding hydrogens is 458 g/mol. The van der Waals surface area contributed by atoms with Crippen LogP contribution < -0.4 is 10.1 Å². The van der Waals surface area contributed by atoms with Crippen molar-refractivity contribution in [3.8, 4) is 5.75 Å². The van der Waals surface area contributed by atoms with Crippen LogP contribution in [-0.2, 0) is 25.9 Å². The van der Waals surface area contributed by atoms with E-state index in [-0.39, 0.29) is 39.1 Å². The van der Waals surface area contributed by atoms with Gasteiger partial charge in [0.2, 0.25) is 0 Å². The Kier molecular flexibility index (Phi) is 9.77. The molecule has 130 valence electrons. The van der Waals surface area contributed by atoms with E-state index in [4.69, 9.17) is 4.74 Å². The third-order valence-electron chi connectivity index (χ3n) is 3.81. The summed E-state index contributed by atoms with van der Waals surface area (Å²) >= 11 is 0. The van der Waals surface area contributed by atoms with Gasteiger partial charge in [-0.3, -0.25) is 4.79 Å². The van der Waals surface area contributed by atoms with Gasteiger partial charge in [0.1, 0.15) is 5.75 Å². The van der Waals surface area contributed by atoms with Gasteiger partial charge in [-0.15, -0.1) is 0 Å². The fraction of sp³-hybridized carbons (Fsp3) is 0.632. The fourth-order valence-corrected chi connectivity index (χ4v) is 3.43. The minimum Gasteiger partial charge on any atom is -0.484 e. The van der Waals surface area contributed by atoms with Crippen LogP contribution in [-0.4, -0.2) is 18.1 Å². The van der Waals surface area contributed by atoms with Crippen molar-refractivity contribution in [3.05, 3.63) is 30.3 Å². The average Bonchev–Trinajstić information content (AvgIpc) is 2.46. The largest absolute Gasteiger partial charge is 0.484 e. The predicted molar refractivity (Wildman–Crippen MR) is 92.1 cm³/mol. The first-order valence-electron chi connectivity index (χ1n) is 8.50. The zero-order chi connectivity index (χ0) is 16.6. The number of carbonyl (C=O) groups is 1. The third-order valence-corrected chi connectivity index (χ3v) is 3.81. The molecule has 3 nitrogen and oxygen atoms in total. The molecule has 4 heteroatoms. The molecule has 4 rings (SSSR count). The molecule has 0 saturated heterocycles. The summed E-state index contributed by atoms with van der Waals surface area (Å²) in [7, 11) is 0. The molecule has 1 N–H and O–H groups in total. The van der Waals surface area contributed by atoms with Crippen LogP contribution in [0.1, 0.15) is 60.3 Å². The van der Waals surface area contributed by atoms with E-state index in [0.29, 0.717) is 5.41 Å². The van der Waals surface area contributed by atoms with Gasteiger partial charge in [0, 0.05) is 26.6 Å². The maximum absolute atomic E-state index is 11.7. The van der Waals surface area contributed by atoms with Gasteiger partial charge in [0.25, 0.3) is 5.91 Å². The monoisotopic (exact) mass is 489 g/mol. The normalized spacial score (nSPS) is 25.6. The van der Waals surface area contributed by atoms with Crippen molar-refractivity contribution < 1.29 is 30.6 Å². The summed E-state index contributed by atoms with van der Waals surface area (Å²) in [5, 5.41) is 3.09. The number of hydrogen-bond donors (Lipinski definition) is 1. The Labute approximate surface area is 155 Å². The Morgan fingerprint density at radius 3 is 2.04 bits per heavy atom. The van der Waals surface area contributed by atoms with Crippen LogP contribution in [0, 0.1) is 5.41 Å². The molecule has 0 aromatic heterocycles. The number of carbonyl (C=O) groups excluding carboxylic acids is 1. The number of hydrogen-bond acceptors (Lipinski definition) is 2. The van der Waals surface area contributed by atoms with Gasteiger partial charge in [0.05, 0.1) is 0 Å². The van der Waals surface area contributed by atoms with Gasteiger partial charge in [-0.25, -0.2) is 0 Å².